The number of hydrogen-bond acceptors (Lipinski definition) is 3. The molecule has 104 valence electrons. The van der Waals surface area contributed by atoms with Gasteiger partial charge < -0.3 is 14.4 Å². The van der Waals surface area contributed by atoms with Crippen molar-refractivity contribution < 1.29 is 14.3 Å². The summed E-state index contributed by atoms with van der Waals surface area (Å²) in [6.07, 6.45) is 1.00. The lowest BCUT2D eigenvalue weighted by Crippen LogP contribution is -2.33. The zero-order chi connectivity index (χ0) is 13.7. The van der Waals surface area contributed by atoms with E-state index >= 15 is 0 Å². The van der Waals surface area contributed by atoms with E-state index < -0.39 is 0 Å². The van der Waals surface area contributed by atoms with Crippen molar-refractivity contribution in [3.63, 3.8) is 0 Å². The molecule has 1 fully saturated rings. The Labute approximate surface area is 118 Å². The molecule has 19 heavy (non-hydrogen) atoms. The SMILES string of the molecule is COC[C@@H]1CCN(C(=O)COc2ccc(Cl)cc2)C1. The maximum Gasteiger partial charge on any atom is 0.260 e. The van der Waals surface area contributed by atoms with E-state index in [1.807, 2.05) is 4.90 Å². The van der Waals surface area contributed by atoms with E-state index in [-0.39, 0.29) is 12.5 Å². The lowest BCUT2D eigenvalue weighted by Gasteiger charge is -2.16. The Hall–Kier alpha value is -1.26. The molecule has 0 unspecified atom stereocenters. The van der Waals surface area contributed by atoms with Crippen LogP contribution in [0.15, 0.2) is 24.3 Å². The highest BCUT2D eigenvalue weighted by atomic mass is 35.5. The highest BCUT2D eigenvalue weighted by Crippen LogP contribution is 2.18. The highest BCUT2D eigenvalue weighted by molar-refractivity contribution is 6.30. The number of likely N-dealkylation sites (tertiary alicyclic amines) is 1. The monoisotopic (exact) mass is 283 g/mol. The van der Waals surface area contributed by atoms with Crippen molar-refractivity contribution in [1.29, 1.82) is 0 Å². The normalized spacial score (nSPS) is 18.6. The third kappa shape index (κ3) is 4.11. The molecule has 0 aromatic heterocycles. The number of amides is 1. The van der Waals surface area contributed by atoms with E-state index in [4.69, 9.17) is 21.1 Å². The smallest absolute Gasteiger partial charge is 0.260 e. The minimum Gasteiger partial charge on any atom is -0.484 e. The van der Waals surface area contributed by atoms with Gasteiger partial charge in [0.25, 0.3) is 5.91 Å². The molecule has 0 spiro atoms. The number of hydrogen-bond donors (Lipinski definition) is 0. The van der Waals surface area contributed by atoms with Gasteiger partial charge in [-0.15, -0.1) is 0 Å². The Balaban J connectivity index is 1.77. The second-order valence-electron chi connectivity index (χ2n) is 4.69. The highest BCUT2D eigenvalue weighted by Gasteiger charge is 2.26. The van der Waals surface area contributed by atoms with Crippen molar-refractivity contribution >= 4 is 17.5 Å². The molecule has 0 aliphatic carbocycles. The largest absolute Gasteiger partial charge is 0.484 e. The molecule has 1 amide bonds. The summed E-state index contributed by atoms with van der Waals surface area (Å²) in [6.45, 7) is 2.33. The molecule has 1 aromatic carbocycles. The first-order chi connectivity index (χ1) is 9.19. The van der Waals surface area contributed by atoms with Crippen molar-refractivity contribution in [2.75, 3.05) is 33.4 Å². The fourth-order valence-electron chi connectivity index (χ4n) is 2.20. The van der Waals surface area contributed by atoms with E-state index in [9.17, 15) is 4.79 Å². The van der Waals surface area contributed by atoms with E-state index in [2.05, 4.69) is 0 Å². The van der Waals surface area contributed by atoms with Gasteiger partial charge in [0.1, 0.15) is 5.75 Å². The van der Waals surface area contributed by atoms with E-state index in [1.54, 1.807) is 31.4 Å². The van der Waals surface area contributed by atoms with Gasteiger partial charge in [-0.1, -0.05) is 11.6 Å². The molecule has 0 bridgehead atoms. The second-order valence-corrected chi connectivity index (χ2v) is 5.13. The number of carbonyl (C=O) groups excluding carboxylic acids is 1. The van der Waals surface area contributed by atoms with Gasteiger partial charge in [-0.25, -0.2) is 0 Å². The van der Waals surface area contributed by atoms with E-state index in [1.165, 1.54) is 0 Å². The Morgan fingerprint density at radius 2 is 2.16 bits per heavy atom. The minimum absolute atomic E-state index is 0.0218. The molecule has 1 aromatic rings. The molecule has 1 saturated heterocycles. The summed E-state index contributed by atoms with van der Waals surface area (Å²) < 4.78 is 10.6. The molecule has 4 nitrogen and oxygen atoms in total. The zero-order valence-electron chi connectivity index (χ0n) is 11.0. The Morgan fingerprint density at radius 1 is 1.42 bits per heavy atom. The Morgan fingerprint density at radius 3 is 2.84 bits per heavy atom. The van der Waals surface area contributed by atoms with Crippen LogP contribution in [0.1, 0.15) is 6.42 Å². The van der Waals surface area contributed by atoms with Crippen molar-refractivity contribution in [2.24, 2.45) is 5.92 Å². The van der Waals surface area contributed by atoms with Gasteiger partial charge >= 0.3 is 0 Å². The second kappa shape index (κ2) is 6.78. The average Bonchev–Trinajstić information content (AvgIpc) is 2.87. The van der Waals surface area contributed by atoms with Crippen molar-refractivity contribution in [3.8, 4) is 5.75 Å². The quantitative estimate of drug-likeness (QED) is 0.832. The lowest BCUT2D eigenvalue weighted by molar-refractivity contribution is -0.132. The third-order valence-corrected chi connectivity index (χ3v) is 3.47. The number of nitrogens with zero attached hydrogens (tertiary/aromatic N) is 1. The van der Waals surface area contributed by atoms with Gasteiger partial charge in [0.2, 0.25) is 0 Å². The van der Waals surface area contributed by atoms with Crippen LogP contribution >= 0.6 is 11.6 Å². The maximum absolute atomic E-state index is 12.0. The van der Waals surface area contributed by atoms with E-state index in [0.29, 0.717) is 23.3 Å². The van der Waals surface area contributed by atoms with Crippen LogP contribution in [0, 0.1) is 5.92 Å². The lowest BCUT2D eigenvalue weighted by atomic mass is 10.1. The Bertz CT molecular complexity index is 421. The van der Waals surface area contributed by atoms with Gasteiger partial charge in [-0.3, -0.25) is 4.79 Å². The van der Waals surface area contributed by atoms with Crippen LogP contribution in [0.5, 0.6) is 5.75 Å². The fourth-order valence-corrected chi connectivity index (χ4v) is 2.32. The van der Waals surface area contributed by atoms with Gasteiger partial charge in [0, 0.05) is 31.1 Å². The molecule has 0 N–H and O–H groups in total. The molecule has 1 atom stereocenters. The standard InChI is InChI=1S/C14H18ClNO3/c1-18-9-11-6-7-16(8-11)14(17)10-19-13-4-2-12(15)3-5-13/h2-5,11H,6-10H2,1H3/t11-/m1/s1. The number of carbonyl (C=O) groups is 1. The molecule has 5 heteroatoms. The van der Waals surface area contributed by atoms with Crippen LogP contribution in [-0.4, -0.2) is 44.2 Å². The van der Waals surface area contributed by atoms with Gasteiger partial charge in [-0.2, -0.15) is 0 Å². The van der Waals surface area contributed by atoms with Crippen LogP contribution in [0.2, 0.25) is 5.02 Å². The summed E-state index contributed by atoms with van der Waals surface area (Å²) in [6, 6.07) is 7.00. The van der Waals surface area contributed by atoms with Crippen molar-refractivity contribution in [2.45, 2.75) is 6.42 Å². The first-order valence-corrected chi connectivity index (χ1v) is 6.72. The first kappa shape index (κ1) is 14.2. The Kier molecular flexibility index (Phi) is 5.05. The summed E-state index contributed by atoms with van der Waals surface area (Å²) in [5.41, 5.74) is 0. The van der Waals surface area contributed by atoms with Crippen LogP contribution in [0.25, 0.3) is 0 Å². The third-order valence-electron chi connectivity index (χ3n) is 3.22. The summed E-state index contributed by atoms with van der Waals surface area (Å²) >= 11 is 5.78. The molecule has 0 radical (unpaired) electrons. The predicted octanol–water partition coefficient (Wildman–Crippen LogP) is 2.21. The van der Waals surface area contributed by atoms with E-state index in [0.717, 1.165) is 19.5 Å². The molecular weight excluding hydrogens is 266 g/mol. The molecule has 1 heterocycles. The maximum atomic E-state index is 12.0. The van der Waals surface area contributed by atoms with Crippen LogP contribution in [0.4, 0.5) is 0 Å². The minimum atomic E-state index is 0.0218. The van der Waals surface area contributed by atoms with Crippen molar-refractivity contribution in [3.05, 3.63) is 29.3 Å². The molecule has 0 saturated carbocycles. The number of rotatable bonds is 5. The fraction of sp³-hybridized carbons (Fsp3) is 0.500. The van der Waals surface area contributed by atoms with Crippen LogP contribution in [-0.2, 0) is 9.53 Å². The topological polar surface area (TPSA) is 38.8 Å². The van der Waals surface area contributed by atoms with Crippen LogP contribution in [0.3, 0.4) is 0 Å². The van der Waals surface area contributed by atoms with Gasteiger partial charge in [0.05, 0.1) is 6.61 Å². The number of methoxy groups -OCH3 is 1. The molecular formula is C14H18ClNO3. The number of ether oxygens (including phenoxy) is 2. The zero-order valence-corrected chi connectivity index (χ0v) is 11.7. The predicted molar refractivity (Wildman–Crippen MR) is 73.5 cm³/mol. The number of benzene rings is 1. The average molecular weight is 284 g/mol. The van der Waals surface area contributed by atoms with Gasteiger partial charge in [0.15, 0.2) is 6.61 Å². The number of halogens is 1. The molecule has 2 rings (SSSR count). The summed E-state index contributed by atoms with van der Waals surface area (Å²) in [4.78, 5) is 13.8. The molecule has 1 aliphatic rings. The molecule has 1 aliphatic heterocycles. The first-order valence-electron chi connectivity index (χ1n) is 6.34. The summed E-state index contributed by atoms with van der Waals surface area (Å²) in [5, 5.41) is 0.653. The van der Waals surface area contributed by atoms with Crippen molar-refractivity contribution in [1.82, 2.24) is 4.90 Å². The summed E-state index contributed by atoms with van der Waals surface area (Å²) in [5.74, 6) is 1.13. The van der Waals surface area contributed by atoms with Crippen LogP contribution < -0.4 is 4.74 Å². The summed E-state index contributed by atoms with van der Waals surface area (Å²) in [7, 11) is 1.69. The van der Waals surface area contributed by atoms with Gasteiger partial charge in [-0.05, 0) is 30.7 Å².